The number of fused-ring (bicyclic) bond motifs is 1. The van der Waals surface area contributed by atoms with Crippen molar-refractivity contribution in [2.45, 2.75) is 50.0 Å². The van der Waals surface area contributed by atoms with Gasteiger partial charge in [0.05, 0.1) is 6.10 Å². The maximum atomic E-state index is 12.3. The molecular formula is C13H24N2O4S. The van der Waals surface area contributed by atoms with Crippen molar-refractivity contribution in [3.63, 3.8) is 0 Å². The standard InChI is InChI=1S/C13H24N2O4S/c1-9(13(16)15(2)3)20(17,18)14-11-5-4-6-12-10(11)7-8-19-12/h9-12,14H,4-8H2,1-3H3. The second kappa shape index (κ2) is 5.99. The minimum absolute atomic E-state index is 0.0985. The molecule has 0 aromatic carbocycles. The summed E-state index contributed by atoms with van der Waals surface area (Å²) in [6.45, 7) is 2.15. The SMILES string of the molecule is CC(C(=O)N(C)C)S(=O)(=O)NC1CCCC2OCCC12. The predicted octanol–water partition coefficient (Wildman–Crippen LogP) is 0.340. The molecule has 116 valence electrons. The van der Waals surface area contributed by atoms with Gasteiger partial charge >= 0.3 is 0 Å². The minimum atomic E-state index is -3.64. The van der Waals surface area contributed by atoms with Gasteiger partial charge in [-0.15, -0.1) is 0 Å². The van der Waals surface area contributed by atoms with Gasteiger partial charge in [0.25, 0.3) is 0 Å². The van der Waals surface area contributed by atoms with E-state index >= 15 is 0 Å². The third-order valence-electron chi connectivity index (χ3n) is 4.35. The van der Waals surface area contributed by atoms with Crippen LogP contribution in [0.25, 0.3) is 0 Å². The summed E-state index contributed by atoms with van der Waals surface area (Å²) in [6, 6.07) is -0.0985. The van der Waals surface area contributed by atoms with E-state index in [2.05, 4.69) is 4.72 Å². The first-order valence-electron chi connectivity index (χ1n) is 7.17. The second-order valence-corrected chi connectivity index (χ2v) is 7.97. The molecule has 1 N–H and O–H groups in total. The lowest BCUT2D eigenvalue weighted by atomic mass is 9.82. The molecule has 4 unspecified atom stereocenters. The summed E-state index contributed by atoms with van der Waals surface area (Å²) in [4.78, 5) is 13.2. The molecular weight excluding hydrogens is 280 g/mol. The third kappa shape index (κ3) is 3.15. The van der Waals surface area contributed by atoms with Crippen molar-refractivity contribution in [1.29, 1.82) is 0 Å². The van der Waals surface area contributed by atoms with E-state index in [1.54, 1.807) is 14.1 Å². The Labute approximate surface area is 120 Å². The molecule has 0 aromatic heterocycles. The number of carbonyl (C=O) groups excluding carboxylic acids is 1. The Morgan fingerprint density at radius 2 is 2.00 bits per heavy atom. The van der Waals surface area contributed by atoms with E-state index in [-0.39, 0.29) is 18.1 Å². The van der Waals surface area contributed by atoms with Crippen LogP contribution < -0.4 is 4.72 Å². The highest BCUT2D eigenvalue weighted by Gasteiger charge is 2.41. The molecule has 1 amide bonds. The Morgan fingerprint density at radius 3 is 2.65 bits per heavy atom. The monoisotopic (exact) mass is 304 g/mol. The van der Waals surface area contributed by atoms with Crippen molar-refractivity contribution in [3.05, 3.63) is 0 Å². The summed E-state index contributed by atoms with van der Waals surface area (Å²) < 4.78 is 33.1. The van der Waals surface area contributed by atoms with Crippen LogP contribution in [0.5, 0.6) is 0 Å². The van der Waals surface area contributed by atoms with E-state index in [1.807, 2.05) is 0 Å². The summed E-state index contributed by atoms with van der Waals surface area (Å²) in [5.74, 6) is -0.146. The van der Waals surface area contributed by atoms with E-state index in [0.29, 0.717) is 6.61 Å². The fourth-order valence-electron chi connectivity index (χ4n) is 3.13. The lowest BCUT2D eigenvalue weighted by Gasteiger charge is -2.33. The topological polar surface area (TPSA) is 75.7 Å². The lowest BCUT2D eigenvalue weighted by molar-refractivity contribution is -0.127. The summed E-state index contributed by atoms with van der Waals surface area (Å²) in [7, 11) is -0.509. The van der Waals surface area contributed by atoms with Crippen LogP contribution in [0.15, 0.2) is 0 Å². The number of nitrogens with one attached hydrogen (secondary N) is 1. The zero-order valence-corrected chi connectivity index (χ0v) is 13.1. The first-order valence-corrected chi connectivity index (χ1v) is 8.71. The van der Waals surface area contributed by atoms with Gasteiger partial charge in [-0.25, -0.2) is 13.1 Å². The summed E-state index contributed by atoms with van der Waals surface area (Å²) >= 11 is 0. The Bertz CT molecular complexity index is 463. The van der Waals surface area contributed by atoms with Crippen LogP contribution in [-0.2, 0) is 19.6 Å². The summed E-state index contributed by atoms with van der Waals surface area (Å²) in [5.41, 5.74) is 0. The van der Waals surface area contributed by atoms with Crippen molar-refractivity contribution in [3.8, 4) is 0 Å². The smallest absolute Gasteiger partial charge is 0.241 e. The zero-order chi connectivity index (χ0) is 14.9. The van der Waals surface area contributed by atoms with Crippen molar-refractivity contribution in [2.75, 3.05) is 20.7 Å². The maximum Gasteiger partial charge on any atom is 0.241 e. The molecule has 0 radical (unpaired) electrons. The highest BCUT2D eigenvalue weighted by Crippen LogP contribution is 2.34. The zero-order valence-electron chi connectivity index (χ0n) is 12.3. The summed E-state index contributed by atoms with van der Waals surface area (Å²) in [5, 5.41) is -1.06. The number of hydrogen-bond donors (Lipinski definition) is 1. The van der Waals surface area contributed by atoms with Crippen LogP contribution in [-0.4, -0.2) is 57.3 Å². The molecule has 0 spiro atoms. The van der Waals surface area contributed by atoms with E-state index in [9.17, 15) is 13.2 Å². The highest BCUT2D eigenvalue weighted by atomic mass is 32.2. The second-order valence-electron chi connectivity index (χ2n) is 5.94. The van der Waals surface area contributed by atoms with Crippen molar-refractivity contribution in [2.24, 2.45) is 5.92 Å². The molecule has 1 aliphatic carbocycles. The van der Waals surface area contributed by atoms with Gasteiger partial charge in [0, 0.05) is 32.7 Å². The number of nitrogens with zero attached hydrogens (tertiary/aromatic N) is 1. The van der Waals surface area contributed by atoms with Gasteiger partial charge < -0.3 is 9.64 Å². The highest BCUT2D eigenvalue weighted by molar-refractivity contribution is 7.90. The third-order valence-corrected chi connectivity index (χ3v) is 6.11. The Hall–Kier alpha value is -0.660. The van der Waals surface area contributed by atoms with Crippen LogP contribution >= 0.6 is 0 Å². The Morgan fingerprint density at radius 1 is 1.30 bits per heavy atom. The molecule has 0 bridgehead atoms. The summed E-state index contributed by atoms with van der Waals surface area (Å²) in [6.07, 6.45) is 3.87. The molecule has 6 nitrogen and oxygen atoms in total. The largest absolute Gasteiger partial charge is 0.378 e. The van der Waals surface area contributed by atoms with Gasteiger partial charge in [-0.05, 0) is 32.6 Å². The fourth-order valence-corrected chi connectivity index (χ4v) is 4.53. The average molecular weight is 304 g/mol. The van der Waals surface area contributed by atoms with Crippen molar-refractivity contribution < 1.29 is 17.9 Å². The number of hydrogen-bond acceptors (Lipinski definition) is 4. The number of sulfonamides is 1. The van der Waals surface area contributed by atoms with Gasteiger partial charge in [-0.2, -0.15) is 0 Å². The van der Waals surface area contributed by atoms with Gasteiger partial charge in [0.15, 0.2) is 5.25 Å². The van der Waals surface area contributed by atoms with Crippen LogP contribution in [0.1, 0.15) is 32.6 Å². The van der Waals surface area contributed by atoms with Crippen LogP contribution in [0.4, 0.5) is 0 Å². The Balaban J connectivity index is 2.05. The molecule has 0 aromatic rings. The quantitative estimate of drug-likeness (QED) is 0.812. The van der Waals surface area contributed by atoms with E-state index in [4.69, 9.17) is 4.74 Å². The van der Waals surface area contributed by atoms with Gasteiger partial charge in [0.1, 0.15) is 0 Å². The van der Waals surface area contributed by atoms with Gasteiger partial charge in [0.2, 0.25) is 15.9 Å². The van der Waals surface area contributed by atoms with E-state index < -0.39 is 21.2 Å². The first kappa shape index (κ1) is 15.7. The number of rotatable bonds is 4. The molecule has 1 aliphatic heterocycles. The molecule has 20 heavy (non-hydrogen) atoms. The maximum absolute atomic E-state index is 12.3. The number of amides is 1. The lowest BCUT2D eigenvalue weighted by Crippen LogP contribution is -2.51. The number of ether oxygens (including phenoxy) is 1. The molecule has 7 heteroatoms. The molecule has 2 fully saturated rings. The van der Waals surface area contributed by atoms with E-state index in [1.165, 1.54) is 11.8 Å². The molecule has 1 saturated heterocycles. The number of carbonyl (C=O) groups is 1. The minimum Gasteiger partial charge on any atom is -0.378 e. The molecule has 1 saturated carbocycles. The molecule has 1 heterocycles. The average Bonchev–Trinajstić information content (AvgIpc) is 2.85. The van der Waals surface area contributed by atoms with Crippen molar-refractivity contribution in [1.82, 2.24) is 9.62 Å². The molecule has 2 aliphatic rings. The van der Waals surface area contributed by atoms with Gasteiger partial charge in [-0.1, -0.05) is 0 Å². The molecule has 4 atom stereocenters. The van der Waals surface area contributed by atoms with Crippen LogP contribution in [0.2, 0.25) is 0 Å². The van der Waals surface area contributed by atoms with E-state index in [0.717, 1.165) is 25.7 Å². The van der Waals surface area contributed by atoms with Crippen LogP contribution in [0, 0.1) is 5.92 Å². The predicted molar refractivity (Wildman–Crippen MR) is 75.7 cm³/mol. The van der Waals surface area contributed by atoms with Crippen molar-refractivity contribution >= 4 is 15.9 Å². The van der Waals surface area contributed by atoms with Gasteiger partial charge in [-0.3, -0.25) is 4.79 Å². The van der Waals surface area contributed by atoms with Crippen LogP contribution in [0.3, 0.4) is 0 Å². The fraction of sp³-hybridized carbons (Fsp3) is 0.923. The first-order chi connectivity index (χ1) is 9.33. The Kier molecular flexibility index (Phi) is 4.71. The molecule has 2 rings (SSSR count). The normalized spacial score (nSPS) is 31.6.